The largest absolute Gasteiger partial charge is 0.342 e. The fraction of sp³-hybridized carbons (Fsp3) is 0.250. The maximum Gasteiger partial charge on any atom is 0.255 e. The van der Waals surface area contributed by atoms with E-state index < -0.39 is 0 Å². The number of amides is 1. The van der Waals surface area contributed by atoms with Crippen LogP contribution in [0.2, 0.25) is 0 Å². The summed E-state index contributed by atoms with van der Waals surface area (Å²) in [5.41, 5.74) is 2.30. The molecule has 2 heterocycles. The lowest BCUT2D eigenvalue weighted by Crippen LogP contribution is -2.38. The topological polar surface area (TPSA) is 72.8 Å². The van der Waals surface area contributed by atoms with Crippen molar-refractivity contribution in [3.63, 3.8) is 0 Å². The van der Waals surface area contributed by atoms with E-state index in [1.807, 2.05) is 0 Å². The minimum absolute atomic E-state index is 0.104. The van der Waals surface area contributed by atoms with Crippen molar-refractivity contribution in [3.05, 3.63) is 65.2 Å². The van der Waals surface area contributed by atoms with E-state index in [1.54, 1.807) is 35.2 Å². The Bertz CT molecular complexity index is 1010. The van der Waals surface area contributed by atoms with E-state index in [0.29, 0.717) is 29.7 Å². The first-order valence-electron chi connectivity index (χ1n) is 8.59. The number of nitrogens with one attached hydrogen (secondary N) is 1. The number of benzene rings is 2. The SMILES string of the molecule is N#Cc1ccccc1C(=O)N1CCC(c2nc3cc(F)ccc3[nH]2)CC1. The lowest BCUT2D eigenvalue weighted by atomic mass is 9.95. The van der Waals surface area contributed by atoms with Gasteiger partial charge in [-0.25, -0.2) is 9.37 Å². The van der Waals surface area contributed by atoms with Crippen molar-refractivity contribution in [2.45, 2.75) is 18.8 Å². The number of rotatable bonds is 2. The van der Waals surface area contributed by atoms with Crippen LogP contribution in [0.4, 0.5) is 4.39 Å². The Labute approximate surface area is 150 Å². The summed E-state index contributed by atoms with van der Waals surface area (Å²) >= 11 is 0. The number of aromatic amines is 1. The molecule has 1 aliphatic heterocycles. The van der Waals surface area contributed by atoms with E-state index in [9.17, 15) is 14.4 Å². The van der Waals surface area contributed by atoms with Crippen molar-refractivity contribution in [3.8, 4) is 6.07 Å². The average Bonchev–Trinajstić information content (AvgIpc) is 3.10. The summed E-state index contributed by atoms with van der Waals surface area (Å²) in [4.78, 5) is 22.3. The summed E-state index contributed by atoms with van der Waals surface area (Å²) < 4.78 is 13.3. The third-order valence-electron chi connectivity index (χ3n) is 4.91. The molecule has 1 fully saturated rings. The lowest BCUT2D eigenvalue weighted by Gasteiger charge is -2.31. The van der Waals surface area contributed by atoms with Gasteiger partial charge in [-0.05, 0) is 37.1 Å². The number of aromatic nitrogens is 2. The molecule has 1 amide bonds. The second-order valence-corrected chi connectivity index (χ2v) is 6.51. The van der Waals surface area contributed by atoms with Crippen molar-refractivity contribution in [1.29, 1.82) is 5.26 Å². The first kappa shape index (κ1) is 16.3. The number of imidazole rings is 1. The van der Waals surface area contributed by atoms with E-state index >= 15 is 0 Å². The quantitative estimate of drug-likeness (QED) is 0.769. The monoisotopic (exact) mass is 348 g/mol. The summed E-state index contributed by atoms with van der Waals surface area (Å²) in [5.74, 6) is 0.648. The molecule has 0 unspecified atom stereocenters. The first-order valence-corrected chi connectivity index (χ1v) is 8.59. The Morgan fingerprint density at radius 2 is 2.00 bits per heavy atom. The van der Waals surface area contributed by atoms with Gasteiger partial charge in [0.25, 0.3) is 5.91 Å². The average molecular weight is 348 g/mol. The van der Waals surface area contributed by atoms with Gasteiger partial charge in [-0.1, -0.05) is 12.1 Å². The number of nitriles is 1. The highest BCUT2D eigenvalue weighted by atomic mass is 19.1. The highest BCUT2D eigenvalue weighted by Gasteiger charge is 2.27. The van der Waals surface area contributed by atoms with Crippen LogP contribution in [0.3, 0.4) is 0 Å². The van der Waals surface area contributed by atoms with Gasteiger partial charge in [0, 0.05) is 25.1 Å². The van der Waals surface area contributed by atoms with Gasteiger partial charge in [-0.2, -0.15) is 5.26 Å². The fourth-order valence-electron chi connectivity index (χ4n) is 3.49. The number of carbonyl (C=O) groups is 1. The van der Waals surface area contributed by atoms with Gasteiger partial charge in [0.2, 0.25) is 0 Å². The number of likely N-dealkylation sites (tertiary alicyclic amines) is 1. The number of carbonyl (C=O) groups excluding carboxylic acids is 1. The predicted molar refractivity (Wildman–Crippen MR) is 95.1 cm³/mol. The standard InChI is InChI=1S/C20H17FN4O/c21-15-5-6-17-18(11-15)24-19(23-17)13-7-9-25(10-8-13)20(26)16-4-2-1-3-14(16)12-22/h1-6,11,13H,7-10H2,(H,23,24). The molecule has 1 aromatic heterocycles. The van der Waals surface area contributed by atoms with Crippen molar-refractivity contribution in [1.82, 2.24) is 14.9 Å². The minimum atomic E-state index is -0.299. The summed E-state index contributed by atoms with van der Waals surface area (Å²) in [5, 5.41) is 9.19. The molecule has 0 bridgehead atoms. The van der Waals surface area contributed by atoms with Crippen LogP contribution in [-0.2, 0) is 0 Å². The van der Waals surface area contributed by atoms with Crippen LogP contribution >= 0.6 is 0 Å². The number of piperidine rings is 1. The van der Waals surface area contributed by atoms with E-state index in [2.05, 4.69) is 16.0 Å². The minimum Gasteiger partial charge on any atom is -0.342 e. The van der Waals surface area contributed by atoms with Gasteiger partial charge < -0.3 is 9.88 Å². The maximum atomic E-state index is 13.3. The lowest BCUT2D eigenvalue weighted by molar-refractivity contribution is 0.0711. The third kappa shape index (κ3) is 2.93. The van der Waals surface area contributed by atoms with Crippen LogP contribution < -0.4 is 0 Å². The van der Waals surface area contributed by atoms with Gasteiger partial charge in [0.1, 0.15) is 11.6 Å². The Kier molecular flexibility index (Phi) is 4.13. The number of H-pyrrole nitrogens is 1. The molecule has 0 radical (unpaired) electrons. The molecule has 6 heteroatoms. The molecule has 1 saturated heterocycles. The molecular weight excluding hydrogens is 331 g/mol. The van der Waals surface area contributed by atoms with Crippen LogP contribution in [0.25, 0.3) is 11.0 Å². The summed E-state index contributed by atoms with van der Waals surface area (Å²) in [6.45, 7) is 1.21. The van der Waals surface area contributed by atoms with Gasteiger partial charge in [0.15, 0.2) is 0 Å². The highest BCUT2D eigenvalue weighted by molar-refractivity contribution is 5.96. The summed E-state index contributed by atoms with van der Waals surface area (Å²) in [6.07, 6.45) is 1.56. The van der Waals surface area contributed by atoms with Crippen LogP contribution in [0.15, 0.2) is 42.5 Å². The number of nitrogens with zero attached hydrogens (tertiary/aromatic N) is 3. The molecule has 130 valence electrons. The normalized spacial score (nSPS) is 15.2. The molecule has 3 aromatic rings. The van der Waals surface area contributed by atoms with Crippen LogP contribution in [-0.4, -0.2) is 33.9 Å². The Balaban J connectivity index is 1.48. The highest BCUT2D eigenvalue weighted by Crippen LogP contribution is 2.28. The molecule has 26 heavy (non-hydrogen) atoms. The molecular formula is C20H17FN4O. The molecule has 4 rings (SSSR count). The zero-order valence-corrected chi connectivity index (χ0v) is 14.1. The van der Waals surface area contributed by atoms with E-state index in [-0.39, 0.29) is 17.6 Å². The smallest absolute Gasteiger partial charge is 0.255 e. The summed E-state index contributed by atoms with van der Waals surface area (Å²) in [7, 11) is 0. The molecule has 0 saturated carbocycles. The second-order valence-electron chi connectivity index (χ2n) is 6.51. The number of hydrogen-bond donors (Lipinski definition) is 1. The van der Waals surface area contributed by atoms with Crippen molar-refractivity contribution in [2.24, 2.45) is 0 Å². The van der Waals surface area contributed by atoms with Gasteiger partial charge in [-0.3, -0.25) is 4.79 Å². The predicted octanol–water partition coefficient (Wildman–Crippen LogP) is 3.59. The summed E-state index contributed by atoms with van der Waals surface area (Å²) in [6, 6.07) is 13.5. The Hall–Kier alpha value is -3.20. The van der Waals surface area contributed by atoms with Crippen LogP contribution in [0.5, 0.6) is 0 Å². The van der Waals surface area contributed by atoms with Crippen molar-refractivity contribution < 1.29 is 9.18 Å². The van der Waals surface area contributed by atoms with E-state index in [4.69, 9.17) is 0 Å². The number of halogens is 1. The van der Waals surface area contributed by atoms with Crippen molar-refractivity contribution >= 4 is 16.9 Å². The Morgan fingerprint density at radius 1 is 1.23 bits per heavy atom. The first-order chi connectivity index (χ1) is 12.7. The molecule has 1 aliphatic rings. The maximum absolute atomic E-state index is 13.3. The molecule has 2 aromatic carbocycles. The molecule has 0 atom stereocenters. The molecule has 0 spiro atoms. The van der Waals surface area contributed by atoms with Crippen molar-refractivity contribution in [2.75, 3.05) is 13.1 Å². The Morgan fingerprint density at radius 3 is 2.77 bits per heavy atom. The molecule has 0 aliphatic carbocycles. The third-order valence-corrected chi connectivity index (χ3v) is 4.91. The molecule has 1 N–H and O–H groups in total. The van der Waals surface area contributed by atoms with Gasteiger partial charge >= 0.3 is 0 Å². The van der Waals surface area contributed by atoms with Crippen LogP contribution in [0, 0.1) is 17.1 Å². The zero-order chi connectivity index (χ0) is 18.1. The zero-order valence-electron chi connectivity index (χ0n) is 14.1. The van der Waals surface area contributed by atoms with Gasteiger partial charge in [-0.15, -0.1) is 0 Å². The van der Waals surface area contributed by atoms with Crippen LogP contribution in [0.1, 0.15) is 40.5 Å². The second kappa shape index (κ2) is 6.60. The fourth-order valence-corrected chi connectivity index (χ4v) is 3.49. The molecule has 5 nitrogen and oxygen atoms in total. The van der Waals surface area contributed by atoms with Gasteiger partial charge in [0.05, 0.1) is 28.2 Å². The van der Waals surface area contributed by atoms with E-state index in [0.717, 1.165) is 24.2 Å². The number of hydrogen-bond acceptors (Lipinski definition) is 3. The van der Waals surface area contributed by atoms with E-state index in [1.165, 1.54) is 12.1 Å². The number of fused-ring (bicyclic) bond motifs is 1.